The second-order valence-electron chi connectivity index (χ2n) is 8.74. The molecular weight excluding hydrogens is 385 g/mol. The molecule has 3 aromatic rings. The van der Waals surface area contributed by atoms with Gasteiger partial charge in [-0.3, -0.25) is 0 Å². The summed E-state index contributed by atoms with van der Waals surface area (Å²) in [5.74, 6) is 0.884. The van der Waals surface area contributed by atoms with Crippen LogP contribution in [-0.2, 0) is 15.7 Å². The van der Waals surface area contributed by atoms with E-state index in [1.165, 1.54) is 5.56 Å². The third-order valence-corrected chi connectivity index (χ3v) is 6.60. The van der Waals surface area contributed by atoms with Gasteiger partial charge in [-0.1, -0.05) is 23.7 Å². The van der Waals surface area contributed by atoms with Crippen molar-refractivity contribution in [1.82, 2.24) is 9.97 Å². The summed E-state index contributed by atoms with van der Waals surface area (Å²) < 4.78 is 12.5. The highest BCUT2D eigenvalue weighted by molar-refractivity contribution is 6.62. The molecule has 0 atom stereocenters. The number of aromatic nitrogens is 2. The van der Waals surface area contributed by atoms with Crippen molar-refractivity contribution in [3.8, 4) is 0 Å². The van der Waals surface area contributed by atoms with Crippen molar-refractivity contribution in [1.29, 1.82) is 0 Å². The van der Waals surface area contributed by atoms with Crippen LogP contribution < -0.4 is 10.4 Å². The second kappa shape index (κ2) is 6.43. The molecule has 5 nitrogen and oxygen atoms in total. The zero-order chi connectivity index (χ0) is 20.4. The van der Waals surface area contributed by atoms with Gasteiger partial charge >= 0.3 is 7.12 Å². The van der Waals surface area contributed by atoms with Crippen LogP contribution >= 0.6 is 11.6 Å². The molecule has 0 spiro atoms. The maximum Gasteiger partial charge on any atom is 0.494 e. The Labute approximate surface area is 176 Å². The third-order valence-electron chi connectivity index (χ3n) is 6.36. The standard InChI is InChI=1S/C22H23BClN3O2/c1-21(2)22(3,4)29-23(28-21)15-6-8-18-17(11-15)20(26-13-25-18)27-10-9-14-5-7-16(24)12-19(14)27/h5-8,11-13H,9-10H2,1-4H3. The lowest BCUT2D eigenvalue weighted by Crippen LogP contribution is -2.41. The van der Waals surface area contributed by atoms with E-state index in [-0.39, 0.29) is 11.2 Å². The van der Waals surface area contributed by atoms with Crippen molar-refractivity contribution < 1.29 is 9.31 Å². The van der Waals surface area contributed by atoms with E-state index in [1.54, 1.807) is 6.33 Å². The zero-order valence-corrected chi connectivity index (χ0v) is 17.8. The minimum atomic E-state index is -0.419. The smallest absolute Gasteiger partial charge is 0.399 e. The molecule has 3 heterocycles. The Kier molecular flexibility index (Phi) is 4.18. The van der Waals surface area contributed by atoms with Gasteiger partial charge < -0.3 is 14.2 Å². The Morgan fingerprint density at radius 1 is 1.00 bits per heavy atom. The summed E-state index contributed by atoms with van der Waals surface area (Å²) in [6, 6.07) is 12.2. The molecule has 29 heavy (non-hydrogen) atoms. The Hall–Kier alpha value is -2.15. The van der Waals surface area contributed by atoms with E-state index in [9.17, 15) is 0 Å². The number of hydrogen-bond acceptors (Lipinski definition) is 5. The van der Waals surface area contributed by atoms with Crippen LogP contribution in [0, 0.1) is 0 Å². The Bertz CT molecular complexity index is 1100. The molecule has 7 heteroatoms. The Morgan fingerprint density at radius 3 is 2.52 bits per heavy atom. The predicted octanol–water partition coefficient (Wildman–Crippen LogP) is 4.28. The molecule has 0 amide bonds. The lowest BCUT2D eigenvalue weighted by molar-refractivity contribution is 0.00578. The highest BCUT2D eigenvalue weighted by Crippen LogP contribution is 2.39. The maximum absolute atomic E-state index is 6.27. The van der Waals surface area contributed by atoms with Crippen LogP contribution in [0.25, 0.3) is 10.9 Å². The fourth-order valence-corrected chi connectivity index (χ4v) is 4.14. The average molecular weight is 408 g/mol. The van der Waals surface area contributed by atoms with Gasteiger partial charge in [-0.05, 0) is 69.4 Å². The lowest BCUT2D eigenvalue weighted by atomic mass is 9.78. The van der Waals surface area contributed by atoms with Gasteiger partial charge in [0.05, 0.1) is 16.7 Å². The first-order chi connectivity index (χ1) is 13.7. The highest BCUT2D eigenvalue weighted by Gasteiger charge is 2.51. The number of benzene rings is 2. The fraction of sp³-hybridized carbons (Fsp3) is 0.364. The Morgan fingerprint density at radius 2 is 1.76 bits per heavy atom. The van der Waals surface area contributed by atoms with E-state index in [0.29, 0.717) is 0 Å². The molecule has 0 bridgehead atoms. The summed E-state index contributed by atoms with van der Waals surface area (Å²) in [7, 11) is -0.419. The molecule has 1 aromatic heterocycles. The fourth-order valence-electron chi connectivity index (χ4n) is 3.97. The topological polar surface area (TPSA) is 47.5 Å². The number of fused-ring (bicyclic) bond motifs is 2. The van der Waals surface area contributed by atoms with Crippen molar-refractivity contribution in [2.45, 2.75) is 45.3 Å². The van der Waals surface area contributed by atoms with Gasteiger partial charge in [-0.25, -0.2) is 9.97 Å². The van der Waals surface area contributed by atoms with Gasteiger partial charge in [0, 0.05) is 22.6 Å². The second-order valence-corrected chi connectivity index (χ2v) is 9.17. The first kappa shape index (κ1) is 18.9. The van der Waals surface area contributed by atoms with Gasteiger partial charge in [-0.15, -0.1) is 0 Å². The average Bonchev–Trinajstić information content (AvgIpc) is 3.18. The van der Waals surface area contributed by atoms with Crippen LogP contribution in [-0.4, -0.2) is 34.8 Å². The first-order valence-corrected chi connectivity index (χ1v) is 10.3. The summed E-state index contributed by atoms with van der Waals surface area (Å²) in [4.78, 5) is 11.3. The largest absolute Gasteiger partial charge is 0.494 e. The number of hydrogen-bond donors (Lipinski definition) is 0. The van der Waals surface area contributed by atoms with Crippen molar-refractivity contribution in [2.24, 2.45) is 0 Å². The summed E-state index contributed by atoms with van der Waals surface area (Å²) >= 11 is 6.27. The molecule has 0 unspecified atom stereocenters. The molecule has 0 aliphatic carbocycles. The minimum absolute atomic E-state index is 0.382. The van der Waals surface area contributed by atoms with E-state index in [1.807, 2.05) is 24.3 Å². The van der Waals surface area contributed by atoms with Gasteiger partial charge in [0.2, 0.25) is 0 Å². The van der Waals surface area contributed by atoms with Crippen molar-refractivity contribution >= 4 is 46.6 Å². The van der Waals surface area contributed by atoms with Crippen molar-refractivity contribution in [3.05, 3.63) is 53.3 Å². The molecule has 0 saturated carbocycles. The van der Waals surface area contributed by atoms with Crippen LogP contribution in [0.1, 0.15) is 33.3 Å². The molecule has 1 saturated heterocycles. The van der Waals surface area contributed by atoms with Crippen LogP contribution in [0.4, 0.5) is 11.5 Å². The summed E-state index contributed by atoms with van der Waals surface area (Å²) in [6.07, 6.45) is 2.59. The summed E-state index contributed by atoms with van der Waals surface area (Å²) in [6.45, 7) is 9.12. The van der Waals surface area contributed by atoms with E-state index in [0.717, 1.165) is 45.9 Å². The van der Waals surface area contributed by atoms with E-state index < -0.39 is 7.12 Å². The number of rotatable bonds is 2. The number of nitrogens with zero attached hydrogens (tertiary/aromatic N) is 3. The number of anilines is 2. The normalized spacial score (nSPS) is 19.8. The minimum Gasteiger partial charge on any atom is -0.399 e. The van der Waals surface area contributed by atoms with E-state index in [2.05, 4.69) is 54.7 Å². The first-order valence-electron chi connectivity index (χ1n) is 9.91. The molecule has 0 N–H and O–H groups in total. The summed E-state index contributed by atoms with van der Waals surface area (Å²) in [5.41, 5.74) is 3.49. The molecule has 1 fully saturated rings. The van der Waals surface area contributed by atoms with E-state index in [4.69, 9.17) is 20.9 Å². The Balaban J connectivity index is 1.59. The summed E-state index contributed by atoms with van der Waals surface area (Å²) in [5, 5.41) is 1.71. The highest BCUT2D eigenvalue weighted by atomic mass is 35.5. The maximum atomic E-state index is 6.27. The molecule has 2 aromatic carbocycles. The molecule has 5 rings (SSSR count). The predicted molar refractivity (Wildman–Crippen MR) is 117 cm³/mol. The molecular formula is C22H23BClN3O2. The quantitative estimate of drug-likeness (QED) is 0.594. The van der Waals surface area contributed by atoms with Crippen molar-refractivity contribution in [3.63, 3.8) is 0 Å². The third kappa shape index (κ3) is 3.02. The number of halogens is 1. The zero-order valence-electron chi connectivity index (χ0n) is 17.1. The molecule has 2 aliphatic rings. The molecule has 0 radical (unpaired) electrons. The SMILES string of the molecule is CC1(C)OB(c2ccc3ncnc(N4CCc5ccc(Cl)cc54)c3c2)OC1(C)C. The van der Waals surface area contributed by atoms with Crippen LogP contribution in [0.3, 0.4) is 0 Å². The van der Waals surface area contributed by atoms with Gasteiger partial charge in [0.15, 0.2) is 0 Å². The van der Waals surface area contributed by atoms with Crippen LogP contribution in [0.15, 0.2) is 42.7 Å². The molecule has 148 valence electrons. The van der Waals surface area contributed by atoms with Gasteiger partial charge in [0.1, 0.15) is 12.1 Å². The van der Waals surface area contributed by atoms with Crippen molar-refractivity contribution in [2.75, 3.05) is 11.4 Å². The van der Waals surface area contributed by atoms with E-state index >= 15 is 0 Å². The van der Waals surface area contributed by atoms with Crippen LogP contribution in [0.2, 0.25) is 5.02 Å². The van der Waals surface area contributed by atoms with Crippen LogP contribution in [0.5, 0.6) is 0 Å². The van der Waals surface area contributed by atoms with Gasteiger partial charge in [-0.2, -0.15) is 0 Å². The van der Waals surface area contributed by atoms with Gasteiger partial charge in [0.25, 0.3) is 0 Å². The monoisotopic (exact) mass is 407 g/mol. The molecule has 2 aliphatic heterocycles. The lowest BCUT2D eigenvalue weighted by Gasteiger charge is -2.32.